The minimum atomic E-state index is -1.11. The van der Waals surface area contributed by atoms with E-state index in [4.69, 9.17) is 35.4 Å². The van der Waals surface area contributed by atoms with Crippen molar-refractivity contribution in [1.82, 2.24) is 14.8 Å². The highest BCUT2D eigenvalue weighted by Crippen LogP contribution is 2.34. The Morgan fingerprint density at radius 2 is 1.75 bits per heavy atom. The van der Waals surface area contributed by atoms with E-state index in [0.717, 1.165) is 31.6 Å². The molecule has 1 aromatic heterocycles. The van der Waals surface area contributed by atoms with E-state index < -0.39 is 11.7 Å². The number of β-amino-alcohol motifs (C(OH)–C–C–N with tert-alkyl or cyclic N) is 1. The Bertz CT molecular complexity index is 1200. The van der Waals surface area contributed by atoms with Gasteiger partial charge in [0.25, 0.3) is 0 Å². The SMILES string of the molecule is OC(CN1CCC(c2c[nH]c3ccccc23)CC1)C1(O)CCN(C(=S)Nc2cc(Cl)cc(Cl)c2)CC1. The third-order valence-electron chi connectivity index (χ3n) is 7.73. The molecule has 1 atom stereocenters. The molecule has 4 N–H and O–H groups in total. The summed E-state index contributed by atoms with van der Waals surface area (Å²) in [7, 11) is 0. The second-order valence-corrected chi connectivity index (χ2v) is 11.3. The van der Waals surface area contributed by atoms with Crippen molar-refractivity contribution in [3.05, 3.63) is 64.3 Å². The number of likely N-dealkylation sites (tertiary alicyclic amines) is 2. The molecule has 6 nitrogen and oxygen atoms in total. The maximum atomic E-state index is 11.2. The highest BCUT2D eigenvalue weighted by molar-refractivity contribution is 7.80. The first-order valence-electron chi connectivity index (χ1n) is 12.5. The summed E-state index contributed by atoms with van der Waals surface area (Å²) in [5, 5.41) is 28.4. The smallest absolute Gasteiger partial charge is 0.173 e. The van der Waals surface area contributed by atoms with Gasteiger partial charge in [-0.2, -0.15) is 0 Å². The molecule has 3 aromatic rings. The van der Waals surface area contributed by atoms with Crippen molar-refractivity contribution >= 4 is 57.1 Å². The molecule has 36 heavy (non-hydrogen) atoms. The first-order valence-corrected chi connectivity index (χ1v) is 13.7. The number of halogens is 2. The van der Waals surface area contributed by atoms with Gasteiger partial charge in [0, 0.05) is 52.5 Å². The van der Waals surface area contributed by atoms with Crippen LogP contribution in [0.2, 0.25) is 10.0 Å². The summed E-state index contributed by atoms with van der Waals surface area (Å²) < 4.78 is 0. The summed E-state index contributed by atoms with van der Waals surface area (Å²) in [5.41, 5.74) is 2.19. The molecule has 0 bridgehead atoms. The van der Waals surface area contributed by atoms with Crippen LogP contribution in [0, 0.1) is 0 Å². The Labute approximate surface area is 227 Å². The molecule has 2 fully saturated rings. The highest BCUT2D eigenvalue weighted by Gasteiger charge is 2.40. The van der Waals surface area contributed by atoms with Gasteiger partial charge in [-0.3, -0.25) is 0 Å². The largest absolute Gasteiger partial charge is 0.389 e. The lowest BCUT2D eigenvalue weighted by Gasteiger charge is -2.43. The lowest BCUT2D eigenvalue weighted by molar-refractivity contribution is -0.112. The standard InChI is InChI=1S/C27H32Cl2N4O2S/c28-19-13-20(29)15-21(14-19)31-26(36)33-11-7-27(35,8-12-33)25(34)17-32-9-5-18(6-10-32)23-16-30-24-4-2-1-3-22(23)24/h1-4,13-16,18,25,30,34-35H,5-12,17H2,(H,31,36). The van der Waals surface area contributed by atoms with Gasteiger partial charge in [-0.15, -0.1) is 0 Å². The number of nitrogens with zero attached hydrogens (tertiary/aromatic N) is 2. The first-order chi connectivity index (χ1) is 17.3. The number of fused-ring (bicyclic) bond motifs is 1. The fraction of sp³-hybridized carbons (Fsp3) is 0.444. The zero-order valence-electron chi connectivity index (χ0n) is 20.1. The molecule has 2 aromatic carbocycles. The number of para-hydroxylation sites is 1. The molecule has 2 saturated heterocycles. The molecule has 0 saturated carbocycles. The van der Waals surface area contributed by atoms with Crippen LogP contribution in [0.25, 0.3) is 10.9 Å². The number of rotatable bonds is 5. The minimum absolute atomic E-state index is 0.456. The third kappa shape index (κ3) is 5.67. The predicted molar refractivity (Wildman–Crippen MR) is 151 cm³/mol. The molecule has 2 aliphatic rings. The molecule has 0 radical (unpaired) electrons. The Kier molecular flexibility index (Phi) is 7.77. The van der Waals surface area contributed by atoms with Crippen LogP contribution in [0.4, 0.5) is 5.69 Å². The molecule has 9 heteroatoms. The van der Waals surface area contributed by atoms with Crippen molar-refractivity contribution < 1.29 is 10.2 Å². The van der Waals surface area contributed by atoms with Gasteiger partial charge in [-0.1, -0.05) is 41.4 Å². The molecule has 0 amide bonds. The van der Waals surface area contributed by atoms with E-state index in [-0.39, 0.29) is 0 Å². The summed E-state index contributed by atoms with van der Waals surface area (Å²) in [6.07, 6.45) is 4.37. The number of piperidine rings is 2. The summed E-state index contributed by atoms with van der Waals surface area (Å²) in [6, 6.07) is 13.7. The summed E-state index contributed by atoms with van der Waals surface area (Å²) in [5.74, 6) is 0.517. The van der Waals surface area contributed by atoms with Crippen LogP contribution in [-0.2, 0) is 0 Å². The normalized spacial score (nSPS) is 19.9. The molecule has 5 rings (SSSR count). The molecule has 2 aliphatic heterocycles. The first kappa shape index (κ1) is 25.8. The van der Waals surface area contributed by atoms with Gasteiger partial charge in [0.1, 0.15) is 0 Å². The van der Waals surface area contributed by atoms with Crippen molar-refractivity contribution in [2.24, 2.45) is 0 Å². The number of hydrogen-bond donors (Lipinski definition) is 4. The average Bonchev–Trinajstić information content (AvgIpc) is 3.28. The second-order valence-electron chi connectivity index (χ2n) is 10.1. The van der Waals surface area contributed by atoms with E-state index >= 15 is 0 Å². The minimum Gasteiger partial charge on any atom is -0.389 e. The van der Waals surface area contributed by atoms with Crippen LogP contribution < -0.4 is 5.32 Å². The zero-order valence-corrected chi connectivity index (χ0v) is 22.4. The molecule has 3 heterocycles. The van der Waals surface area contributed by atoms with Crippen molar-refractivity contribution in [2.45, 2.75) is 43.3 Å². The quantitative estimate of drug-likeness (QED) is 0.328. The Morgan fingerprint density at radius 3 is 2.44 bits per heavy atom. The van der Waals surface area contributed by atoms with Crippen LogP contribution >= 0.6 is 35.4 Å². The maximum Gasteiger partial charge on any atom is 0.173 e. The number of aliphatic hydroxyl groups is 2. The van der Waals surface area contributed by atoms with Crippen LogP contribution in [0.15, 0.2) is 48.7 Å². The topological polar surface area (TPSA) is 74.8 Å². The van der Waals surface area contributed by atoms with E-state index in [2.05, 4.69) is 45.7 Å². The number of aliphatic hydroxyl groups excluding tert-OH is 1. The van der Waals surface area contributed by atoms with Crippen molar-refractivity contribution in [1.29, 1.82) is 0 Å². The zero-order chi connectivity index (χ0) is 25.3. The Hall–Kier alpha value is -1.87. The van der Waals surface area contributed by atoms with Crippen molar-refractivity contribution in [3.63, 3.8) is 0 Å². The summed E-state index contributed by atoms with van der Waals surface area (Å²) in [4.78, 5) is 7.69. The molecular formula is C27H32Cl2N4O2S. The Morgan fingerprint density at radius 1 is 1.08 bits per heavy atom. The van der Waals surface area contributed by atoms with Crippen molar-refractivity contribution in [2.75, 3.05) is 38.0 Å². The predicted octanol–water partition coefficient (Wildman–Crippen LogP) is 5.24. The van der Waals surface area contributed by atoms with Gasteiger partial charge in [0.15, 0.2) is 5.11 Å². The van der Waals surface area contributed by atoms with E-state index in [1.807, 2.05) is 4.90 Å². The summed E-state index contributed by atoms with van der Waals surface area (Å²) in [6.45, 7) is 3.45. The lowest BCUT2D eigenvalue weighted by atomic mass is 9.84. The van der Waals surface area contributed by atoms with Gasteiger partial charge in [0.05, 0.1) is 11.7 Å². The van der Waals surface area contributed by atoms with Gasteiger partial charge < -0.3 is 30.3 Å². The number of H-pyrrole nitrogens is 1. The van der Waals surface area contributed by atoms with Gasteiger partial charge in [0.2, 0.25) is 0 Å². The number of hydrogen-bond acceptors (Lipinski definition) is 4. The van der Waals surface area contributed by atoms with Crippen LogP contribution in [0.1, 0.15) is 37.2 Å². The fourth-order valence-corrected chi connectivity index (χ4v) is 6.36. The number of aromatic amines is 1. The molecule has 0 spiro atoms. The van der Waals surface area contributed by atoms with Crippen molar-refractivity contribution in [3.8, 4) is 0 Å². The van der Waals surface area contributed by atoms with E-state index in [1.165, 1.54) is 16.5 Å². The van der Waals surface area contributed by atoms with E-state index in [9.17, 15) is 10.2 Å². The van der Waals surface area contributed by atoms with Crippen LogP contribution in [-0.4, -0.2) is 74.5 Å². The number of nitrogens with one attached hydrogen (secondary N) is 2. The monoisotopic (exact) mass is 546 g/mol. The molecule has 192 valence electrons. The lowest BCUT2D eigenvalue weighted by Crippen LogP contribution is -2.56. The number of aromatic nitrogens is 1. The highest BCUT2D eigenvalue weighted by atomic mass is 35.5. The number of benzene rings is 2. The third-order valence-corrected chi connectivity index (χ3v) is 8.53. The number of anilines is 1. The van der Waals surface area contributed by atoms with Crippen LogP contribution in [0.5, 0.6) is 0 Å². The molecule has 1 unspecified atom stereocenters. The average molecular weight is 548 g/mol. The van der Waals surface area contributed by atoms with Gasteiger partial charge >= 0.3 is 0 Å². The van der Waals surface area contributed by atoms with Crippen LogP contribution in [0.3, 0.4) is 0 Å². The summed E-state index contributed by atoms with van der Waals surface area (Å²) >= 11 is 17.7. The van der Waals surface area contributed by atoms with Gasteiger partial charge in [-0.05, 0) is 86.7 Å². The Balaban J connectivity index is 1.10. The molecule has 0 aliphatic carbocycles. The van der Waals surface area contributed by atoms with E-state index in [1.54, 1.807) is 18.2 Å². The molecular weight excluding hydrogens is 515 g/mol. The second kappa shape index (κ2) is 10.9. The maximum absolute atomic E-state index is 11.2. The van der Waals surface area contributed by atoms with Gasteiger partial charge in [-0.25, -0.2) is 0 Å². The fourth-order valence-electron chi connectivity index (χ4n) is 5.53. The van der Waals surface area contributed by atoms with E-state index in [0.29, 0.717) is 53.6 Å². The number of thiocarbonyl (C=S) groups is 1.